The van der Waals surface area contributed by atoms with E-state index < -0.39 is 4.92 Å². The van der Waals surface area contributed by atoms with Gasteiger partial charge in [0.25, 0.3) is 0 Å². The zero-order valence-electron chi connectivity index (χ0n) is 7.74. The number of nitro groups is 1. The van der Waals surface area contributed by atoms with Crippen molar-refractivity contribution in [2.75, 3.05) is 13.6 Å². The van der Waals surface area contributed by atoms with Crippen molar-refractivity contribution in [3.8, 4) is 11.8 Å². The third kappa shape index (κ3) is 3.17. The van der Waals surface area contributed by atoms with E-state index in [1.54, 1.807) is 6.07 Å². The van der Waals surface area contributed by atoms with E-state index in [1.165, 1.54) is 6.07 Å². The minimum atomic E-state index is -0.399. The molecule has 0 atom stereocenters. The Bertz CT molecular complexity index is 376. The fourth-order valence-electron chi connectivity index (χ4n) is 0.830. The minimum absolute atomic E-state index is 0.142. The molecule has 0 aliphatic carbocycles. The van der Waals surface area contributed by atoms with Gasteiger partial charge in [0.05, 0.1) is 9.80 Å². The van der Waals surface area contributed by atoms with Crippen molar-refractivity contribution in [3.63, 3.8) is 0 Å². The highest BCUT2D eigenvalue weighted by molar-refractivity contribution is 7.15. The summed E-state index contributed by atoms with van der Waals surface area (Å²) in [4.78, 5) is 10.7. The standard InChI is InChI=1S/C9H10N2O2S/c1-10-7-3-2-4-8-5-6-9(14-8)11(12)13/h5-6,10H,3,7H2,1H3. The SMILES string of the molecule is CNCCC#Cc1ccc([N+](=O)[O-])s1. The lowest BCUT2D eigenvalue weighted by molar-refractivity contribution is -0.380. The highest BCUT2D eigenvalue weighted by atomic mass is 32.1. The van der Waals surface area contributed by atoms with Gasteiger partial charge in [-0.2, -0.15) is 0 Å². The van der Waals surface area contributed by atoms with Crippen LogP contribution in [0, 0.1) is 22.0 Å². The second kappa shape index (κ2) is 5.37. The number of thiophene rings is 1. The van der Waals surface area contributed by atoms with Crippen LogP contribution in [0.4, 0.5) is 5.00 Å². The Morgan fingerprint density at radius 1 is 1.64 bits per heavy atom. The number of nitrogens with zero attached hydrogens (tertiary/aromatic N) is 1. The molecule has 1 heterocycles. The maximum Gasteiger partial charge on any atom is 0.325 e. The Morgan fingerprint density at radius 2 is 2.43 bits per heavy atom. The van der Waals surface area contributed by atoms with Crippen LogP contribution < -0.4 is 5.32 Å². The molecule has 0 radical (unpaired) electrons. The second-order valence-corrected chi connectivity index (χ2v) is 3.61. The first-order chi connectivity index (χ1) is 6.74. The number of hydrogen-bond acceptors (Lipinski definition) is 4. The summed E-state index contributed by atoms with van der Waals surface area (Å²) in [5.74, 6) is 5.81. The molecular weight excluding hydrogens is 200 g/mol. The van der Waals surface area contributed by atoms with E-state index in [2.05, 4.69) is 17.2 Å². The first-order valence-electron chi connectivity index (χ1n) is 4.11. The molecule has 1 aromatic rings. The smallest absolute Gasteiger partial charge is 0.319 e. The summed E-state index contributed by atoms with van der Waals surface area (Å²) in [5, 5.41) is 13.5. The van der Waals surface area contributed by atoms with E-state index in [-0.39, 0.29) is 5.00 Å². The molecule has 0 aliphatic heterocycles. The van der Waals surface area contributed by atoms with Gasteiger partial charge in [-0.3, -0.25) is 10.1 Å². The maximum atomic E-state index is 10.3. The van der Waals surface area contributed by atoms with Crippen LogP contribution in [0.5, 0.6) is 0 Å². The normalized spacial score (nSPS) is 9.21. The summed E-state index contributed by atoms with van der Waals surface area (Å²) < 4.78 is 0. The largest absolute Gasteiger partial charge is 0.325 e. The lowest BCUT2D eigenvalue weighted by Crippen LogP contribution is -2.05. The molecule has 0 fully saturated rings. The summed E-state index contributed by atoms with van der Waals surface area (Å²) in [5.41, 5.74) is 0. The Morgan fingerprint density at radius 3 is 3.00 bits per heavy atom. The molecule has 1 aromatic heterocycles. The van der Waals surface area contributed by atoms with Crippen LogP contribution in [0.15, 0.2) is 12.1 Å². The predicted octanol–water partition coefficient (Wildman–Crippen LogP) is 1.62. The van der Waals surface area contributed by atoms with Crippen LogP contribution >= 0.6 is 11.3 Å². The van der Waals surface area contributed by atoms with Gasteiger partial charge in [0, 0.05) is 19.0 Å². The molecule has 1 N–H and O–H groups in total. The lowest BCUT2D eigenvalue weighted by atomic mass is 10.4. The van der Waals surface area contributed by atoms with Gasteiger partial charge in [-0.1, -0.05) is 23.2 Å². The molecule has 0 aliphatic rings. The van der Waals surface area contributed by atoms with Gasteiger partial charge in [-0.05, 0) is 13.1 Å². The van der Waals surface area contributed by atoms with Crippen molar-refractivity contribution in [1.29, 1.82) is 0 Å². The fourth-order valence-corrected chi connectivity index (χ4v) is 1.53. The van der Waals surface area contributed by atoms with Gasteiger partial charge >= 0.3 is 5.00 Å². The Labute approximate surface area is 86.1 Å². The quantitative estimate of drug-likeness (QED) is 0.357. The molecule has 0 saturated carbocycles. The molecule has 5 heteroatoms. The van der Waals surface area contributed by atoms with E-state index in [0.717, 1.165) is 29.2 Å². The Kier molecular flexibility index (Phi) is 4.11. The molecule has 0 unspecified atom stereocenters. The number of rotatable bonds is 3. The van der Waals surface area contributed by atoms with E-state index >= 15 is 0 Å². The highest BCUT2D eigenvalue weighted by Gasteiger charge is 2.07. The van der Waals surface area contributed by atoms with Crippen LogP contribution in [0.1, 0.15) is 11.3 Å². The lowest BCUT2D eigenvalue weighted by Gasteiger charge is -1.86. The van der Waals surface area contributed by atoms with Crippen LogP contribution in [-0.2, 0) is 0 Å². The number of nitrogens with one attached hydrogen (secondary N) is 1. The zero-order valence-corrected chi connectivity index (χ0v) is 8.56. The summed E-state index contributed by atoms with van der Waals surface area (Å²) in [6.45, 7) is 0.834. The van der Waals surface area contributed by atoms with Gasteiger partial charge in [-0.15, -0.1) is 0 Å². The third-order valence-electron chi connectivity index (χ3n) is 1.48. The van der Waals surface area contributed by atoms with Crippen molar-refractivity contribution < 1.29 is 4.92 Å². The summed E-state index contributed by atoms with van der Waals surface area (Å²) in [6.07, 6.45) is 0.752. The fraction of sp³-hybridized carbons (Fsp3) is 0.333. The van der Waals surface area contributed by atoms with Crippen molar-refractivity contribution in [2.45, 2.75) is 6.42 Å². The summed E-state index contributed by atoms with van der Waals surface area (Å²) >= 11 is 1.11. The van der Waals surface area contributed by atoms with Crippen molar-refractivity contribution in [1.82, 2.24) is 5.32 Å². The second-order valence-electron chi connectivity index (χ2n) is 2.55. The summed E-state index contributed by atoms with van der Waals surface area (Å²) in [6, 6.07) is 3.15. The molecule has 4 nitrogen and oxygen atoms in total. The molecule has 0 amide bonds. The number of hydrogen-bond donors (Lipinski definition) is 1. The first kappa shape index (κ1) is 10.7. The molecule has 14 heavy (non-hydrogen) atoms. The van der Waals surface area contributed by atoms with E-state index in [9.17, 15) is 10.1 Å². The van der Waals surface area contributed by atoms with Crippen molar-refractivity contribution in [3.05, 3.63) is 27.1 Å². The zero-order chi connectivity index (χ0) is 10.4. The molecule has 74 valence electrons. The average Bonchev–Trinajstić information content (AvgIpc) is 2.61. The average molecular weight is 210 g/mol. The molecule has 0 aromatic carbocycles. The van der Waals surface area contributed by atoms with Gasteiger partial charge < -0.3 is 5.32 Å². The molecular formula is C9H10N2O2S. The molecule has 0 saturated heterocycles. The van der Waals surface area contributed by atoms with Crippen LogP contribution in [0.25, 0.3) is 0 Å². The van der Waals surface area contributed by atoms with Gasteiger partial charge in [-0.25, -0.2) is 0 Å². The van der Waals surface area contributed by atoms with Gasteiger partial charge in [0.1, 0.15) is 0 Å². The monoisotopic (exact) mass is 210 g/mol. The topological polar surface area (TPSA) is 55.2 Å². The van der Waals surface area contributed by atoms with Crippen molar-refractivity contribution in [2.24, 2.45) is 0 Å². The summed E-state index contributed by atoms with van der Waals surface area (Å²) in [7, 11) is 1.86. The van der Waals surface area contributed by atoms with Crippen LogP contribution in [0.3, 0.4) is 0 Å². The van der Waals surface area contributed by atoms with Gasteiger partial charge in [0.2, 0.25) is 0 Å². The molecule has 1 rings (SSSR count). The predicted molar refractivity (Wildman–Crippen MR) is 56.4 cm³/mol. The van der Waals surface area contributed by atoms with E-state index in [0.29, 0.717) is 0 Å². The van der Waals surface area contributed by atoms with Crippen LogP contribution in [-0.4, -0.2) is 18.5 Å². The Balaban J connectivity index is 2.58. The maximum absolute atomic E-state index is 10.3. The Hall–Kier alpha value is -1.38. The molecule has 0 bridgehead atoms. The van der Waals surface area contributed by atoms with Crippen molar-refractivity contribution >= 4 is 16.3 Å². The van der Waals surface area contributed by atoms with E-state index in [4.69, 9.17) is 0 Å². The minimum Gasteiger partial charge on any atom is -0.319 e. The molecule has 0 spiro atoms. The van der Waals surface area contributed by atoms with Crippen LogP contribution in [0.2, 0.25) is 0 Å². The third-order valence-corrected chi connectivity index (χ3v) is 2.44. The first-order valence-corrected chi connectivity index (χ1v) is 4.93. The van der Waals surface area contributed by atoms with Gasteiger partial charge in [0.15, 0.2) is 0 Å². The highest BCUT2D eigenvalue weighted by Crippen LogP contribution is 2.22. The van der Waals surface area contributed by atoms with E-state index in [1.807, 2.05) is 7.05 Å².